The number of carbonyl (C=O) groups is 4. The van der Waals surface area contributed by atoms with Crippen LogP contribution in [0.5, 0.6) is 0 Å². The summed E-state index contributed by atoms with van der Waals surface area (Å²) in [6.45, 7) is 0.630. The van der Waals surface area contributed by atoms with Crippen molar-refractivity contribution in [1.82, 2.24) is 10.9 Å². The molecule has 0 radical (unpaired) electrons. The van der Waals surface area contributed by atoms with Gasteiger partial charge in [0.05, 0.1) is 5.56 Å². The lowest BCUT2D eigenvalue weighted by Gasteiger charge is -2.09. The van der Waals surface area contributed by atoms with Crippen LogP contribution in [0.1, 0.15) is 33.2 Å². The average Bonchev–Trinajstić information content (AvgIpc) is 2.64. The maximum Gasteiger partial charge on any atom is 0.339 e. The summed E-state index contributed by atoms with van der Waals surface area (Å²) in [5.41, 5.74) is 4.82. The molecule has 0 heterocycles. The van der Waals surface area contributed by atoms with Crippen LogP contribution in [0.4, 0.5) is 0 Å². The van der Waals surface area contributed by atoms with E-state index in [1.165, 1.54) is 19.1 Å². The Bertz CT molecular complexity index is 802. The van der Waals surface area contributed by atoms with Crippen molar-refractivity contribution in [3.05, 3.63) is 71.3 Å². The first-order valence-corrected chi connectivity index (χ1v) is 7.40. The van der Waals surface area contributed by atoms with Crippen LogP contribution in [-0.4, -0.2) is 30.2 Å². The number of benzene rings is 2. The fourth-order valence-electron chi connectivity index (χ4n) is 2.01. The Labute approximate surface area is 144 Å². The summed E-state index contributed by atoms with van der Waals surface area (Å²) in [4.78, 5) is 46.9. The molecule has 128 valence electrons. The summed E-state index contributed by atoms with van der Waals surface area (Å²) >= 11 is 0. The Hall–Kier alpha value is -3.48. The van der Waals surface area contributed by atoms with Gasteiger partial charge < -0.3 is 4.74 Å². The van der Waals surface area contributed by atoms with Gasteiger partial charge in [-0.15, -0.1) is 0 Å². The molecule has 0 atom stereocenters. The molecule has 2 amide bonds. The van der Waals surface area contributed by atoms with E-state index in [0.717, 1.165) is 0 Å². The normalized spacial score (nSPS) is 9.80. The summed E-state index contributed by atoms with van der Waals surface area (Å²) in [6, 6.07) is 14.7. The lowest BCUT2D eigenvalue weighted by molar-refractivity contribution is -0.129. The first-order valence-electron chi connectivity index (χ1n) is 7.40. The van der Waals surface area contributed by atoms with Crippen molar-refractivity contribution in [2.45, 2.75) is 6.92 Å². The first kappa shape index (κ1) is 17.9. The highest BCUT2D eigenvalue weighted by Gasteiger charge is 2.19. The van der Waals surface area contributed by atoms with E-state index in [1.54, 1.807) is 42.5 Å². The number of ketones is 1. The van der Waals surface area contributed by atoms with Crippen molar-refractivity contribution in [2.75, 3.05) is 6.61 Å². The zero-order chi connectivity index (χ0) is 18.2. The van der Waals surface area contributed by atoms with Crippen LogP contribution >= 0.6 is 0 Å². The summed E-state index contributed by atoms with van der Waals surface area (Å²) in [5, 5.41) is 0. The van der Waals surface area contributed by atoms with Gasteiger partial charge in [-0.1, -0.05) is 48.5 Å². The molecule has 0 spiro atoms. The SMILES string of the molecule is CC(=O)NNC(=O)COC(=O)c1ccccc1C(=O)c1ccccc1. The van der Waals surface area contributed by atoms with Gasteiger partial charge in [0.15, 0.2) is 12.4 Å². The molecule has 0 saturated heterocycles. The summed E-state index contributed by atoms with van der Waals surface area (Å²) < 4.78 is 4.89. The van der Waals surface area contributed by atoms with Crippen molar-refractivity contribution in [3.63, 3.8) is 0 Å². The van der Waals surface area contributed by atoms with Crippen molar-refractivity contribution in [2.24, 2.45) is 0 Å². The molecule has 0 aliphatic carbocycles. The standard InChI is InChI=1S/C18H16N2O5/c1-12(21)19-20-16(22)11-25-18(24)15-10-6-5-9-14(15)17(23)13-7-3-2-4-8-13/h2-10H,11H2,1H3,(H,19,21)(H,20,22). The Kier molecular flexibility index (Phi) is 6.00. The maximum absolute atomic E-state index is 12.6. The van der Waals surface area contributed by atoms with Gasteiger partial charge in [0, 0.05) is 18.1 Å². The van der Waals surface area contributed by atoms with Crippen LogP contribution < -0.4 is 10.9 Å². The molecular formula is C18H16N2O5. The molecule has 0 saturated carbocycles. The third-order valence-electron chi connectivity index (χ3n) is 3.14. The van der Waals surface area contributed by atoms with Crippen LogP contribution in [-0.2, 0) is 14.3 Å². The monoisotopic (exact) mass is 340 g/mol. The molecule has 7 heteroatoms. The number of nitrogens with one attached hydrogen (secondary N) is 2. The minimum atomic E-state index is -0.808. The average molecular weight is 340 g/mol. The number of ether oxygens (including phenoxy) is 1. The lowest BCUT2D eigenvalue weighted by atomic mass is 9.98. The van der Waals surface area contributed by atoms with Gasteiger partial charge in [-0.3, -0.25) is 25.2 Å². The van der Waals surface area contributed by atoms with E-state index in [0.29, 0.717) is 5.56 Å². The van der Waals surface area contributed by atoms with Gasteiger partial charge in [-0.25, -0.2) is 4.79 Å². The van der Waals surface area contributed by atoms with E-state index in [4.69, 9.17) is 4.74 Å². The summed E-state index contributed by atoms with van der Waals surface area (Å²) in [7, 11) is 0. The van der Waals surface area contributed by atoms with Crippen molar-refractivity contribution in [3.8, 4) is 0 Å². The fraction of sp³-hybridized carbons (Fsp3) is 0.111. The fourth-order valence-corrected chi connectivity index (χ4v) is 2.01. The van der Waals surface area contributed by atoms with E-state index in [1.807, 2.05) is 0 Å². The van der Waals surface area contributed by atoms with E-state index in [9.17, 15) is 19.2 Å². The van der Waals surface area contributed by atoms with Crippen LogP contribution in [0.25, 0.3) is 0 Å². The van der Waals surface area contributed by atoms with Gasteiger partial charge >= 0.3 is 5.97 Å². The summed E-state index contributed by atoms with van der Waals surface area (Å²) in [5.74, 6) is -2.29. The van der Waals surface area contributed by atoms with Gasteiger partial charge in [0.25, 0.3) is 5.91 Å². The molecule has 0 aliphatic rings. The van der Waals surface area contributed by atoms with E-state index in [-0.39, 0.29) is 16.9 Å². The van der Waals surface area contributed by atoms with E-state index in [2.05, 4.69) is 10.9 Å². The van der Waals surface area contributed by atoms with Crippen molar-refractivity contribution < 1.29 is 23.9 Å². The minimum absolute atomic E-state index is 0.0590. The summed E-state index contributed by atoms with van der Waals surface area (Å²) in [6.07, 6.45) is 0. The predicted molar refractivity (Wildman–Crippen MR) is 88.6 cm³/mol. The predicted octanol–water partition coefficient (Wildman–Crippen LogP) is 1.24. The van der Waals surface area contributed by atoms with Crippen molar-refractivity contribution in [1.29, 1.82) is 0 Å². The number of hydrogen-bond acceptors (Lipinski definition) is 5. The number of esters is 1. The van der Waals surface area contributed by atoms with E-state index >= 15 is 0 Å². The molecule has 2 aromatic rings. The molecule has 2 N–H and O–H groups in total. The molecule has 25 heavy (non-hydrogen) atoms. The molecule has 2 aromatic carbocycles. The molecular weight excluding hydrogens is 324 g/mol. The molecule has 0 bridgehead atoms. The van der Waals surface area contributed by atoms with Crippen molar-refractivity contribution >= 4 is 23.6 Å². The topological polar surface area (TPSA) is 102 Å². The van der Waals surface area contributed by atoms with Crippen LogP contribution in [0.3, 0.4) is 0 Å². The Morgan fingerprint density at radius 3 is 2.08 bits per heavy atom. The molecule has 2 rings (SSSR count). The van der Waals surface area contributed by atoms with Gasteiger partial charge in [0.1, 0.15) is 0 Å². The Balaban J connectivity index is 2.09. The second-order valence-corrected chi connectivity index (χ2v) is 5.05. The number of amides is 2. The van der Waals surface area contributed by atoms with Gasteiger partial charge in [-0.05, 0) is 6.07 Å². The first-order chi connectivity index (χ1) is 12.0. The lowest BCUT2D eigenvalue weighted by Crippen LogP contribution is -2.42. The van der Waals surface area contributed by atoms with Crippen LogP contribution in [0.15, 0.2) is 54.6 Å². The number of rotatable bonds is 5. The molecule has 0 aromatic heterocycles. The number of hydrogen-bond donors (Lipinski definition) is 2. The van der Waals surface area contributed by atoms with Gasteiger partial charge in [0.2, 0.25) is 5.91 Å². The zero-order valence-electron chi connectivity index (χ0n) is 13.4. The Morgan fingerprint density at radius 2 is 1.44 bits per heavy atom. The highest BCUT2D eigenvalue weighted by Crippen LogP contribution is 2.15. The zero-order valence-corrected chi connectivity index (χ0v) is 13.4. The largest absolute Gasteiger partial charge is 0.452 e. The third kappa shape index (κ3) is 5.00. The van der Waals surface area contributed by atoms with E-state index < -0.39 is 24.4 Å². The van der Waals surface area contributed by atoms with Crippen LogP contribution in [0, 0.1) is 0 Å². The highest BCUT2D eigenvalue weighted by atomic mass is 16.5. The smallest absolute Gasteiger partial charge is 0.339 e. The second-order valence-electron chi connectivity index (χ2n) is 5.05. The number of carbonyl (C=O) groups excluding carboxylic acids is 4. The maximum atomic E-state index is 12.6. The Morgan fingerprint density at radius 1 is 0.840 bits per heavy atom. The molecule has 0 aliphatic heterocycles. The molecule has 0 unspecified atom stereocenters. The van der Waals surface area contributed by atoms with Crippen LogP contribution in [0.2, 0.25) is 0 Å². The quantitative estimate of drug-likeness (QED) is 0.484. The molecule has 7 nitrogen and oxygen atoms in total. The molecule has 0 fully saturated rings. The van der Waals surface area contributed by atoms with Gasteiger partial charge in [-0.2, -0.15) is 0 Å². The minimum Gasteiger partial charge on any atom is -0.452 e. The highest BCUT2D eigenvalue weighted by molar-refractivity contribution is 6.14. The number of hydrazine groups is 1. The third-order valence-corrected chi connectivity index (χ3v) is 3.14. The second kappa shape index (κ2) is 8.39.